The predicted molar refractivity (Wildman–Crippen MR) is 55.0 cm³/mol. The highest BCUT2D eigenvalue weighted by molar-refractivity contribution is 6.33. The van der Waals surface area contributed by atoms with Gasteiger partial charge in [-0.2, -0.15) is 0 Å². The Labute approximate surface area is 73.2 Å². The van der Waals surface area contributed by atoms with Crippen molar-refractivity contribution in [2.45, 2.75) is 26.4 Å². The van der Waals surface area contributed by atoms with Gasteiger partial charge >= 0.3 is 0 Å². The molecule has 0 aromatic heterocycles. The summed E-state index contributed by atoms with van der Waals surface area (Å²) in [7, 11) is 0.276. The Morgan fingerprint density at radius 1 is 1.27 bits per heavy atom. The van der Waals surface area contributed by atoms with Gasteiger partial charge in [0.1, 0.15) is 0 Å². The molecule has 0 bridgehead atoms. The lowest BCUT2D eigenvalue weighted by molar-refractivity contribution is 0.282. The van der Waals surface area contributed by atoms with E-state index in [0.717, 1.165) is 19.8 Å². The minimum atomic E-state index is 0.276. The van der Waals surface area contributed by atoms with Gasteiger partial charge in [-0.3, -0.25) is 4.90 Å². The maximum Gasteiger partial charge on any atom is 0.0480 e. The molecule has 0 saturated carbocycles. The molecule has 0 spiro atoms. The first-order valence-electron chi connectivity index (χ1n) is 4.78. The van der Waals surface area contributed by atoms with Crippen molar-refractivity contribution in [3.05, 3.63) is 0 Å². The van der Waals surface area contributed by atoms with Crippen molar-refractivity contribution in [1.82, 2.24) is 10.2 Å². The minimum absolute atomic E-state index is 0.276. The van der Waals surface area contributed by atoms with E-state index in [-0.39, 0.29) is 9.52 Å². The van der Waals surface area contributed by atoms with Crippen molar-refractivity contribution in [3.8, 4) is 0 Å². The molecular weight excluding hydrogens is 152 g/mol. The van der Waals surface area contributed by atoms with Crippen molar-refractivity contribution >= 4 is 9.52 Å². The second-order valence-electron chi connectivity index (χ2n) is 2.81. The van der Waals surface area contributed by atoms with E-state index < -0.39 is 0 Å². The zero-order chi connectivity index (χ0) is 8.53. The lowest BCUT2D eigenvalue weighted by Crippen LogP contribution is -2.34. The average Bonchev–Trinajstić information content (AvgIpc) is 2.05. The summed E-state index contributed by atoms with van der Waals surface area (Å²) in [6.07, 6.45) is 0. The van der Waals surface area contributed by atoms with E-state index >= 15 is 0 Å². The zero-order valence-electron chi connectivity index (χ0n) is 8.19. The van der Waals surface area contributed by atoms with E-state index in [1.54, 1.807) is 0 Å². The number of nitrogens with one attached hydrogen (secondary N) is 1. The minimum Gasteiger partial charge on any atom is -0.305 e. The van der Waals surface area contributed by atoms with Gasteiger partial charge < -0.3 is 5.32 Å². The molecule has 0 saturated heterocycles. The van der Waals surface area contributed by atoms with Crippen LogP contribution < -0.4 is 5.32 Å². The van der Waals surface area contributed by atoms with Gasteiger partial charge in [0.05, 0.1) is 0 Å². The molecule has 0 atom stereocenters. The molecule has 0 rings (SSSR count). The summed E-state index contributed by atoms with van der Waals surface area (Å²) in [5, 5.41) is 3.45. The summed E-state index contributed by atoms with van der Waals surface area (Å²) < 4.78 is 0. The number of rotatable bonds is 7. The van der Waals surface area contributed by atoms with Crippen LogP contribution in [0.25, 0.3) is 0 Å². The van der Waals surface area contributed by atoms with Crippen LogP contribution in [0, 0.1) is 0 Å². The Bertz CT molecular complexity index is 74.5. The average molecular weight is 174 g/mol. The van der Waals surface area contributed by atoms with E-state index in [4.69, 9.17) is 0 Å². The number of hydrogen-bond acceptors (Lipinski definition) is 2. The molecule has 0 aliphatic carbocycles. The lowest BCUT2D eigenvalue weighted by atomic mass is 10.5. The molecule has 0 amide bonds. The summed E-state index contributed by atoms with van der Waals surface area (Å²) in [4.78, 5) is 2.40. The molecule has 0 aromatic carbocycles. The standard InChI is InChI=1S/C8H22N2Si/c1-4-10(5-2)8-9-6-7-11-3/h9H,4-8,11H2,1-3H3. The molecule has 1 N–H and O–H groups in total. The number of nitrogens with zero attached hydrogens (tertiary/aromatic N) is 1. The highest BCUT2D eigenvalue weighted by Gasteiger charge is 1.95. The van der Waals surface area contributed by atoms with Gasteiger partial charge in [-0.25, -0.2) is 0 Å². The second kappa shape index (κ2) is 8.24. The van der Waals surface area contributed by atoms with Crippen LogP contribution in [0.15, 0.2) is 0 Å². The normalized spacial score (nSPS) is 12.0. The van der Waals surface area contributed by atoms with Crippen LogP contribution in [0.2, 0.25) is 12.6 Å². The summed E-state index contributed by atoms with van der Waals surface area (Å²) in [6, 6.07) is 1.43. The molecule has 0 fully saturated rings. The summed E-state index contributed by atoms with van der Waals surface area (Å²) in [6.45, 7) is 11.4. The fraction of sp³-hybridized carbons (Fsp3) is 1.00. The van der Waals surface area contributed by atoms with Crippen LogP contribution >= 0.6 is 0 Å². The third-order valence-corrected chi connectivity index (χ3v) is 3.00. The Morgan fingerprint density at radius 2 is 1.91 bits per heavy atom. The largest absolute Gasteiger partial charge is 0.305 e. The third kappa shape index (κ3) is 6.53. The molecule has 2 nitrogen and oxygen atoms in total. The molecule has 0 aliphatic heterocycles. The van der Waals surface area contributed by atoms with Gasteiger partial charge in [-0.15, -0.1) is 0 Å². The Balaban J connectivity index is 3.07. The molecule has 0 aromatic rings. The van der Waals surface area contributed by atoms with Crippen molar-refractivity contribution in [2.24, 2.45) is 0 Å². The molecule has 11 heavy (non-hydrogen) atoms. The maximum absolute atomic E-state index is 3.45. The van der Waals surface area contributed by atoms with Crippen molar-refractivity contribution < 1.29 is 0 Å². The highest BCUT2D eigenvalue weighted by atomic mass is 28.2. The SMILES string of the molecule is CCN(CC)CNCC[SiH2]C. The smallest absolute Gasteiger partial charge is 0.0480 e. The van der Waals surface area contributed by atoms with E-state index in [1.165, 1.54) is 12.6 Å². The highest BCUT2D eigenvalue weighted by Crippen LogP contribution is 1.83. The van der Waals surface area contributed by atoms with E-state index in [2.05, 4.69) is 30.6 Å². The number of hydrogen-bond donors (Lipinski definition) is 1. The zero-order valence-corrected chi connectivity index (χ0v) is 9.60. The molecule has 3 heteroatoms. The summed E-state index contributed by atoms with van der Waals surface area (Å²) in [5.74, 6) is 0. The van der Waals surface area contributed by atoms with Crippen LogP contribution in [0.3, 0.4) is 0 Å². The van der Waals surface area contributed by atoms with Gasteiger partial charge in [-0.05, 0) is 19.6 Å². The van der Waals surface area contributed by atoms with Crippen molar-refractivity contribution in [2.75, 3.05) is 26.3 Å². The fourth-order valence-electron chi connectivity index (χ4n) is 0.986. The van der Waals surface area contributed by atoms with Crippen LogP contribution in [-0.4, -0.2) is 40.7 Å². The van der Waals surface area contributed by atoms with Crippen LogP contribution in [0.4, 0.5) is 0 Å². The van der Waals surface area contributed by atoms with Gasteiger partial charge in [0.25, 0.3) is 0 Å². The molecule has 0 aliphatic rings. The molecule has 68 valence electrons. The monoisotopic (exact) mass is 174 g/mol. The van der Waals surface area contributed by atoms with Gasteiger partial charge in [0.2, 0.25) is 0 Å². The Morgan fingerprint density at radius 3 is 2.36 bits per heavy atom. The van der Waals surface area contributed by atoms with Crippen molar-refractivity contribution in [3.63, 3.8) is 0 Å². The van der Waals surface area contributed by atoms with Crippen LogP contribution in [0.1, 0.15) is 13.8 Å². The first-order valence-corrected chi connectivity index (χ1v) is 7.19. The quantitative estimate of drug-likeness (QED) is 0.344. The van der Waals surface area contributed by atoms with Gasteiger partial charge in [0, 0.05) is 16.2 Å². The van der Waals surface area contributed by atoms with Gasteiger partial charge in [0.15, 0.2) is 0 Å². The van der Waals surface area contributed by atoms with E-state index in [1.807, 2.05) is 0 Å². The summed E-state index contributed by atoms with van der Waals surface area (Å²) in [5.41, 5.74) is 0. The fourth-order valence-corrected chi connectivity index (χ4v) is 1.59. The molecular formula is C8H22N2Si. The Kier molecular flexibility index (Phi) is 8.34. The van der Waals surface area contributed by atoms with E-state index in [0.29, 0.717) is 0 Å². The molecule has 0 heterocycles. The maximum atomic E-state index is 3.45. The lowest BCUT2D eigenvalue weighted by Gasteiger charge is -2.18. The predicted octanol–water partition coefficient (Wildman–Crippen LogP) is 0.510. The van der Waals surface area contributed by atoms with Gasteiger partial charge in [-0.1, -0.05) is 26.4 Å². The summed E-state index contributed by atoms with van der Waals surface area (Å²) >= 11 is 0. The van der Waals surface area contributed by atoms with Crippen LogP contribution in [0.5, 0.6) is 0 Å². The molecule has 0 unspecified atom stereocenters. The van der Waals surface area contributed by atoms with E-state index in [9.17, 15) is 0 Å². The van der Waals surface area contributed by atoms with Crippen molar-refractivity contribution in [1.29, 1.82) is 0 Å². The topological polar surface area (TPSA) is 15.3 Å². The third-order valence-electron chi connectivity index (χ3n) is 1.94. The Hall–Kier alpha value is 0.137. The first-order chi connectivity index (χ1) is 5.35. The van der Waals surface area contributed by atoms with Crippen LogP contribution in [-0.2, 0) is 0 Å². The molecule has 0 radical (unpaired) electrons. The first kappa shape index (κ1) is 11.1. The second-order valence-corrected chi connectivity index (χ2v) is 4.52.